The highest BCUT2D eigenvalue weighted by Crippen LogP contribution is 2.21. The minimum Gasteiger partial charge on any atom is -0.361 e. The van der Waals surface area contributed by atoms with Crippen LogP contribution >= 0.6 is 0 Å². The number of rotatable bonds is 7. The Balaban J connectivity index is 1.17. The third-order valence-electron chi connectivity index (χ3n) is 5.98. The van der Waals surface area contributed by atoms with Gasteiger partial charge in [0, 0.05) is 54.5 Å². The number of para-hydroxylation sites is 1. The Morgan fingerprint density at radius 3 is 2.67 bits per heavy atom. The van der Waals surface area contributed by atoms with Gasteiger partial charge in [0.05, 0.1) is 0 Å². The number of H-pyrrole nitrogens is 1. The van der Waals surface area contributed by atoms with Crippen molar-refractivity contribution in [2.45, 2.75) is 46.0 Å². The van der Waals surface area contributed by atoms with Crippen molar-refractivity contribution in [1.29, 1.82) is 0 Å². The smallest absolute Gasteiger partial charge is 0.225 e. The van der Waals surface area contributed by atoms with E-state index in [1.165, 1.54) is 10.9 Å². The van der Waals surface area contributed by atoms with E-state index in [9.17, 15) is 4.79 Å². The van der Waals surface area contributed by atoms with Gasteiger partial charge in [-0.15, -0.1) is 0 Å². The first-order chi connectivity index (χ1) is 14.6. The number of amides is 1. The standard InChI is InChI=1S/C24H31N5O/c1-17-14-18(2)28-24(27-17)29-12-10-19(11-13-29)15-26-23(30)9-5-6-20-16-25-22-8-4-3-7-21(20)22/h3-4,7-8,14,16,19,25H,5-6,9-13,15H2,1-2H3,(H,26,30). The summed E-state index contributed by atoms with van der Waals surface area (Å²) in [5.41, 5.74) is 4.48. The van der Waals surface area contributed by atoms with Crippen molar-refractivity contribution in [2.75, 3.05) is 24.5 Å². The van der Waals surface area contributed by atoms with Gasteiger partial charge in [-0.25, -0.2) is 9.97 Å². The zero-order valence-electron chi connectivity index (χ0n) is 17.9. The Labute approximate surface area is 178 Å². The summed E-state index contributed by atoms with van der Waals surface area (Å²) in [6.45, 7) is 6.69. The van der Waals surface area contributed by atoms with Crippen LogP contribution in [0.5, 0.6) is 0 Å². The summed E-state index contributed by atoms with van der Waals surface area (Å²) in [5, 5.41) is 4.41. The normalized spacial score (nSPS) is 14.9. The molecule has 0 saturated carbocycles. The lowest BCUT2D eigenvalue weighted by molar-refractivity contribution is -0.121. The first kappa shape index (κ1) is 20.4. The summed E-state index contributed by atoms with van der Waals surface area (Å²) in [4.78, 5) is 27.0. The minimum atomic E-state index is 0.162. The first-order valence-corrected chi connectivity index (χ1v) is 11.0. The number of anilines is 1. The summed E-state index contributed by atoms with van der Waals surface area (Å²) in [6.07, 6.45) is 6.56. The van der Waals surface area contributed by atoms with E-state index in [1.807, 2.05) is 26.0 Å². The predicted octanol–water partition coefficient (Wildman–Crippen LogP) is 3.93. The lowest BCUT2D eigenvalue weighted by atomic mass is 9.97. The van der Waals surface area contributed by atoms with Gasteiger partial charge >= 0.3 is 0 Å². The molecule has 2 N–H and O–H groups in total. The Hall–Kier alpha value is -2.89. The molecule has 1 aliphatic rings. The van der Waals surface area contributed by atoms with Gasteiger partial charge in [0.25, 0.3) is 0 Å². The minimum absolute atomic E-state index is 0.162. The fourth-order valence-electron chi connectivity index (χ4n) is 4.31. The molecule has 158 valence electrons. The SMILES string of the molecule is Cc1cc(C)nc(N2CCC(CNC(=O)CCCc3c[nH]c4ccccc34)CC2)n1. The van der Waals surface area contributed by atoms with Gasteiger partial charge in [-0.2, -0.15) is 0 Å². The number of aromatic amines is 1. The van der Waals surface area contributed by atoms with Crippen molar-refractivity contribution in [3.05, 3.63) is 53.5 Å². The second-order valence-corrected chi connectivity index (χ2v) is 8.40. The Bertz CT molecular complexity index is 984. The molecule has 30 heavy (non-hydrogen) atoms. The lowest BCUT2D eigenvalue weighted by Gasteiger charge is -2.32. The van der Waals surface area contributed by atoms with Crippen molar-refractivity contribution in [1.82, 2.24) is 20.3 Å². The number of fused-ring (bicyclic) bond motifs is 1. The number of carbonyl (C=O) groups is 1. The first-order valence-electron chi connectivity index (χ1n) is 11.0. The number of aryl methyl sites for hydroxylation is 3. The molecule has 0 spiro atoms. The summed E-state index contributed by atoms with van der Waals surface area (Å²) < 4.78 is 0. The average Bonchev–Trinajstić information content (AvgIpc) is 3.15. The maximum atomic E-state index is 12.3. The number of nitrogens with zero attached hydrogens (tertiary/aromatic N) is 3. The average molecular weight is 406 g/mol. The van der Waals surface area contributed by atoms with Crippen LogP contribution in [0.4, 0.5) is 5.95 Å². The van der Waals surface area contributed by atoms with Crippen LogP contribution < -0.4 is 10.2 Å². The van der Waals surface area contributed by atoms with E-state index in [2.05, 4.69) is 49.6 Å². The number of aromatic nitrogens is 3. The summed E-state index contributed by atoms with van der Waals surface area (Å²) >= 11 is 0. The Morgan fingerprint density at radius 1 is 1.17 bits per heavy atom. The second kappa shape index (κ2) is 9.28. The van der Waals surface area contributed by atoms with Crippen LogP contribution in [-0.2, 0) is 11.2 Å². The van der Waals surface area contributed by atoms with Crippen LogP contribution in [0.15, 0.2) is 36.5 Å². The maximum Gasteiger partial charge on any atom is 0.225 e. The zero-order chi connectivity index (χ0) is 20.9. The van der Waals surface area contributed by atoms with E-state index in [0.717, 1.165) is 68.2 Å². The van der Waals surface area contributed by atoms with Gasteiger partial charge in [-0.1, -0.05) is 18.2 Å². The molecular weight excluding hydrogens is 374 g/mol. The second-order valence-electron chi connectivity index (χ2n) is 8.40. The monoisotopic (exact) mass is 405 g/mol. The molecule has 1 saturated heterocycles. The van der Waals surface area contributed by atoms with E-state index >= 15 is 0 Å². The van der Waals surface area contributed by atoms with Crippen molar-refractivity contribution in [3.63, 3.8) is 0 Å². The van der Waals surface area contributed by atoms with Crippen LogP contribution in [0.1, 0.15) is 42.6 Å². The maximum absolute atomic E-state index is 12.3. The molecular formula is C24H31N5O. The van der Waals surface area contributed by atoms with Crippen LogP contribution in [0, 0.1) is 19.8 Å². The number of hydrogen-bond donors (Lipinski definition) is 2. The fourth-order valence-corrected chi connectivity index (χ4v) is 4.31. The van der Waals surface area contributed by atoms with E-state index in [0.29, 0.717) is 12.3 Å². The predicted molar refractivity (Wildman–Crippen MR) is 121 cm³/mol. The third kappa shape index (κ3) is 4.99. The number of hydrogen-bond acceptors (Lipinski definition) is 4. The molecule has 0 aliphatic carbocycles. The molecule has 0 radical (unpaired) electrons. The number of carbonyl (C=O) groups excluding carboxylic acids is 1. The highest BCUT2D eigenvalue weighted by atomic mass is 16.1. The largest absolute Gasteiger partial charge is 0.361 e. The van der Waals surface area contributed by atoms with Gasteiger partial charge < -0.3 is 15.2 Å². The molecule has 2 aromatic heterocycles. The molecule has 1 aromatic carbocycles. The highest BCUT2D eigenvalue weighted by Gasteiger charge is 2.21. The highest BCUT2D eigenvalue weighted by molar-refractivity contribution is 5.83. The number of benzene rings is 1. The van der Waals surface area contributed by atoms with Crippen molar-refractivity contribution in [2.24, 2.45) is 5.92 Å². The molecule has 1 aliphatic heterocycles. The van der Waals surface area contributed by atoms with Gasteiger partial charge in [0.2, 0.25) is 11.9 Å². The molecule has 1 amide bonds. The third-order valence-corrected chi connectivity index (χ3v) is 5.98. The lowest BCUT2D eigenvalue weighted by Crippen LogP contribution is -2.39. The van der Waals surface area contributed by atoms with Gasteiger partial charge in [0.15, 0.2) is 0 Å². The topological polar surface area (TPSA) is 73.9 Å². The zero-order valence-corrected chi connectivity index (χ0v) is 17.9. The molecule has 0 atom stereocenters. The Morgan fingerprint density at radius 2 is 1.90 bits per heavy atom. The fraction of sp³-hybridized carbons (Fsp3) is 0.458. The van der Waals surface area contributed by atoms with E-state index in [4.69, 9.17) is 0 Å². The van der Waals surface area contributed by atoms with Crippen molar-refractivity contribution in [3.8, 4) is 0 Å². The molecule has 4 rings (SSSR count). The van der Waals surface area contributed by atoms with Crippen LogP contribution in [0.2, 0.25) is 0 Å². The summed E-state index contributed by atoms with van der Waals surface area (Å²) in [6, 6.07) is 10.3. The van der Waals surface area contributed by atoms with Gasteiger partial charge in [-0.05, 0) is 63.1 Å². The molecule has 6 heteroatoms. The summed E-state index contributed by atoms with van der Waals surface area (Å²) in [5.74, 6) is 1.53. The van der Waals surface area contributed by atoms with E-state index in [1.54, 1.807) is 0 Å². The van der Waals surface area contributed by atoms with Gasteiger partial charge in [-0.3, -0.25) is 4.79 Å². The van der Waals surface area contributed by atoms with Crippen LogP contribution in [-0.4, -0.2) is 40.5 Å². The van der Waals surface area contributed by atoms with Crippen molar-refractivity contribution >= 4 is 22.8 Å². The van der Waals surface area contributed by atoms with Crippen molar-refractivity contribution < 1.29 is 4.79 Å². The molecule has 3 aromatic rings. The molecule has 3 heterocycles. The number of piperidine rings is 1. The van der Waals surface area contributed by atoms with E-state index in [-0.39, 0.29) is 5.91 Å². The molecule has 0 unspecified atom stereocenters. The Kier molecular flexibility index (Phi) is 6.31. The van der Waals surface area contributed by atoms with E-state index < -0.39 is 0 Å². The van der Waals surface area contributed by atoms with Crippen LogP contribution in [0.3, 0.4) is 0 Å². The molecule has 6 nitrogen and oxygen atoms in total. The number of nitrogens with one attached hydrogen (secondary N) is 2. The molecule has 1 fully saturated rings. The summed E-state index contributed by atoms with van der Waals surface area (Å²) in [7, 11) is 0. The quantitative estimate of drug-likeness (QED) is 0.625. The molecule has 0 bridgehead atoms. The van der Waals surface area contributed by atoms with Crippen LogP contribution in [0.25, 0.3) is 10.9 Å². The van der Waals surface area contributed by atoms with Gasteiger partial charge in [0.1, 0.15) is 0 Å².